The van der Waals surface area contributed by atoms with Gasteiger partial charge in [-0.15, -0.1) is 13.2 Å². The van der Waals surface area contributed by atoms with Gasteiger partial charge in [0, 0.05) is 16.6 Å². The Kier molecular flexibility index (Phi) is 3.40. The Hall–Kier alpha value is -1.02. The van der Waals surface area contributed by atoms with Crippen molar-refractivity contribution in [3.63, 3.8) is 0 Å². The van der Waals surface area contributed by atoms with Crippen molar-refractivity contribution in [2.75, 3.05) is 5.73 Å². The molecule has 0 radical (unpaired) electrons. The zero-order valence-corrected chi connectivity index (χ0v) is 8.89. The number of pyridine rings is 1. The van der Waals surface area contributed by atoms with Crippen molar-refractivity contribution in [2.45, 2.75) is 12.9 Å². The first-order chi connectivity index (χ1) is 6.83. The smallest absolute Gasteiger partial charge is 0.387 e. The van der Waals surface area contributed by atoms with Crippen molar-refractivity contribution in [2.24, 2.45) is 5.73 Å². The number of nitrogens with two attached hydrogens (primary N) is 2. The van der Waals surface area contributed by atoms with Gasteiger partial charge in [0.05, 0.1) is 0 Å². The van der Waals surface area contributed by atoms with Crippen molar-refractivity contribution >= 4 is 21.7 Å². The highest BCUT2D eigenvalue weighted by Gasteiger charge is 2.33. The Labute approximate surface area is 91.5 Å². The van der Waals surface area contributed by atoms with Crippen LogP contribution in [0.5, 0.6) is 5.88 Å². The third kappa shape index (κ3) is 3.24. The van der Waals surface area contributed by atoms with Crippen LogP contribution in [0.3, 0.4) is 0 Å². The summed E-state index contributed by atoms with van der Waals surface area (Å²) >= 11 is 3.02. The molecule has 0 aliphatic carbocycles. The highest BCUT2D eigenvalue weighted by atomic mass is 79.9. The van der Waals surface area contributed by atoms with Crippen LogP contribution < -0.4 is 16.2 Å². The van der Waals surface area contributed by atoms with E-state index >= 15 is 0 Å². The van der Waals surface area contributed by atoms with Crippen LogP contribution in [0.1, 0.15) is 5.56 Å². The van der Waals surface area contributed by atoms with Crippen molar-refractivity contribution in [1.29, 1.82) is 0 Å². The van der Waals surface area contributed by atoms with Crippen LogP contribution in [0.4, 0.5) is 19.0 Å². The number of ether oxygens (including phenoxy) is 1. The summed E-state index contributed by atoms with van der Waals surface area (Å²) in [5.74, 6) is -0.713. The maximum atomic E-state index is 12.0. The van der Waals surface area contributed by atoms with E-state index in [2.05, 4.69) is 25.7 Å². The molecule has 0 atom stereocenters. The zero-order chi connectivity index (χ0) is 11.6. The lowest BCUT2D eigenvalue weighted by molar-refractivity contribution is -0.276. The molecule has 1 rings (SSSR count). The molecule has 0 saturated heterocycles. The van der Waals surface area contributed by atoms with E-state index in [0.717, 1.165) is 0 Å². The first-order valence-electron chi connectivity index (χ1n) is 3.74. The van der Waals surface area contributed by atoms with Crippen LogP contribution in [0.25, 0.3) is 0 Å². The van der Waals surface area contributed by atoms with Crippen molar-refractivity contribution in [3.8, 4) is 5.88 Å². The molecular weight excluding hydrogens is 279 g/mol. The predicted octanol–water partition coefficient (Wildman–Crippen LogP) is 1.78. The number of nitrogen functional groups attached to an aromatic ring is 1. The molecule has 4 N–H and O–H groups in total. The van der Waals surface area contributed by atoms with E-state index in [0.29, 0.717) is 4.47 Å². The van der Waals surface area contributed by atoms with E-state index in [-0.39, 0.29) is 17.9 Å². The molecule has 1 aromatic rings. The summed E-state index contributed by atoms with van der Waals surface area (Å²) in [6.45, 7) is -0.140. The van der Waals surface area contributed by atoms with Crippen LogP contribution in [-0.2, 0) is 6.54 Å². The number of rotatable bonds is 2. The lowest BCUT2D eigenvalue weighted by atomic mass is 10.2. The van der Waals surface area contributed by atoms with E-state index < -0.39 is 12.2 Å². The van der Waals surface area contributed by atoms with Crippen LogP contribution in [0.2, 0.25) is 0 Å². The molecule has 0 unspecified atom stereocenters. The molecule has 0 aliphatic heterocycles. The fourth-order valence-corrected chi connectivity index (χ4v) is 1.48. The van der Waals surface area contributed by atoms with Gasteiger partial charge in [0.15, 0.2) is 0 Å². The summed E-state index contributed by atoms with van der Waals surface area (Å²) in [4.78, 5) is 3.42. The minimum Gasteiger partial charge on any atom is -0.387 e. The zero-order valence-electron chi connectivity index (χ0n) is 7.31. The second kappa shape index (κ2) is 4.23. The molecule has 4 nitrogen and oxygen atoms in total. The molecule has 84 valence electrons. The Bertz CT molecular complexity index is 369. The molecule has 0 spiro atoms. The molecule has 1 aromatic heterocycles. The van der Waals surface area contributed by atoms with Gasteiger partial charge in [-0.3, -0.25) is 0 Å². The minimum atomic E-state index is -4.82. The molecule has 0 aliphatic rings. The summed E-state index contributed by atoms with van der Waals surface area (Å²) in [5, 5.41) is 0. The molecule has 0 fully saturated rings. The SMILES string of the molecule is NCc1c(Br)cc(N)nc1OC(F)(F)F. The van der Waals surface area contributed by atoms with Crippen molar-refractivity contribution in [1.82, 2.24) is 4.98 Å². The molecule has 8 heteroatoms. The monoisotopic (exact) mass is 285 g/mol. The average molecular weight is 286 g/mol. The summed E-state index contributed by atoms with van der Waals surface area (Å²) in [6.07, 6.45) is -4.82. The predicted molar refractivity (Wildman–Crippen MR) is 50.9 cm³/mol. The molecule has 1 heterocycles. The minimum absolute atomic E-state index is 0.0849. The topological polar surface area (TPSA) is 74.2 Å². The third-order valence-electron chi connectivity index (χ3n) is 1.47. The van der Waals surface area contributed by atoms with Crippen molar-refractivity contribution < 1.29 is 17.9 Å². The Morgan fingerprint density at radius 2 is 2.07 bits per heavy atom. The molecule has 0 saturated carbocycles. The van der Waals surface area contributed by atoms with Gasteiger partial charge in [-0.2, -0.15) is 4.98 Å². The summed E-state index contributed by atoms with van der Waals surface area (Å²) in [7, 11) is 0. The number of hydrogen-bond donors (Lipinski definition) is 2. The summed E-state index contributed by atoms with van der Waals surface area (Å²) < 4.78 is 39.9. The molecular formula is C7H7BrF3N3O. The maximum Gasteiger partial charge on any atom is 0.574 e. The normalized spacial score (nSPS) is 11.5. The maximum absolute atomic E-state index is 12.0. The lowest BCUT2D eigenvalue weighted by Gasteiger charge is -2.12. The summed E-state index contributed by atoms with van der Waals surface area (Å²) in [6, 6.07) is 1.35. The Balaban J connectivity index is 3.15. The largest absolute Gasteiger partial charge is 0.574 e. The van der Waals surface area contributed by atoms with Gasteiger partial charge in [0.2, 0.25) is 5.88 Å². The third-order valence-corrected chi connectivity index (χ3v) is 2.18. The highest BCUT2D eigenvalue weighted by Crippen LogP contribution is 2.30. The van der Waals surface area contributed by atoms with Gasteiger partial charge < -0.3 is 16.2 Å². The van der Waals surface area contributed by atoms with Gasteiger partial charge in [0.25, 0.3) is 0 Å². The van der Waals surface area contributed by atoms with Gasteiger partial charge in [-0.25, -0.2) is 0 Å². The van der Waals surface area contributed by atoms with Gasteiger partial charge >= 0.3 is 6.36 Å². The number of hydrogen-bond acceptors (Lipinski definition) is 4. The number of aromatic nitrogens is 1. The summed E-state index contributed by atoms with van der Waals surface area (Å²) in [5.41, 5.74) is 10.6. The van der Waals surface area contributed by atoms with E-state index in [4.69, 9.17) is 11.5 Å². The molecule has 0 aromatic carbocycles. The molecule has 0 bridgehead atoms. The Morgan fingerprint density at radius 1 is 1.47 bits per heavy atom. The molecule has 15 heavy (non-hydrogen) atoms. The second-order valence-corrected chi connectivity index (χ2v) is 3.42. The lowest BCUT2D eigenvalue weighted by Crippen LogP contribution is -2.20. The van der Waals surface area contributed by atoms with Crippen LogP contribution in [0, 0.1) is 0 Å². The van der Waals surface area contributed by atoms with Crippen LogP contribution >= 0.6 is 15.9 Å². The number of nitrogens with zero attached hydrogens (tertiary/aromatic N) is 1. The van der Waals surface area contributed by atoms with E-state index in [1.165, 1.54) is 6.07 Å². The van der Waals surface area contributed by atoms with Crippen molar-refractivity contribution in [3.05, 3.63) is 16.1 Å². The number of anilines is 1. The number of halogens is 4. The van der Waals surface area contributed by atoms with Gasteiger partial charge in [-0.05, 0) is 6.07 Å². The first-order valence-corrected chi connectivity index (χ1v) is 4.53. The van der Waals surface area contributed by atoms with E-state index in [9.17, 15) is 13.2 Å². The quantitative estimate of drug-likeness (QED) is 0.869. The average Bonchev–Trinajstić information content (AvgIpc) is 1.99. The Morgan fingerprint density at radius 3 is 2.53 bits per heavy atom. The van der Waals surface area contributed by atoms with E-state index in [1.807, 2.05) is 0 Å². The van der Waals surface area contributed by atoms with Gasteiger partial charge in [-0.1, -0.05) is 15.9 Å². The van der Waals surface area contributed by atoms with Gasteiger partial charge in [0.1, 0.15) is 5.82 Å². The molecule has 0 amide bonds. The standard InChI is InChI=1S/C7H7BrF3N3O/c8-4-1-5(13)14-6(3(4)2-12)15-7(9,10)11/h1H,2,12H2,(H2,13,14). The second-order valence-electron chi connectivity index (χ2n) is 2.56. The van der Waals surface area contributed by atoms with E-state index in [1.54, 1.807) is 0 Å². The fourth-order valence-electron chi connectivity index (χ4n) is 0.915. The highest BCUT2D eigenvalue weighted by molar-refractivity contribution is 9.10. The van der Waals surface area contributed by atoms with Crippen LogP contribution in [-0.4, -0.2) is 11.3 Å². The number of alkyl halides is 3. The van der Waals surface area contributed by atoms with Crippen LogP contribution in [0.15, 0.2) is 10.5 Å². The first kappa shape index (κ1) is 12.1. The fraction of sp³-hybridized carbons (Fsp3) is 0.286.